The molecule has 5 aromatic rings. The third kappa shape index (κ3) is 2.87. The van der Waals surface area contributed by atoms with Crippen molar-refractivity contribution >= 4 is 28.0 Å². The molecule has 1 aromatic carbocycles. The van der Waals surface area contributed by atoms with Crippen LogP contribution in [0.4, 0.5) is 5.82 Å². The van der Waals surface area contributed by atoms with Crippen molar-refractivity contribution in [1.29, 1.82) is 0 Å². The van der Waals surface area contributed by atoms with Gasteiger partial charge in [0.15, 0.2) is 17.0 Å². The minimum absolute atomic E-state index is 0.0468. The van der Waals surface area contributed by atoms with Crippen LogP contribution < -0.4 is 10.6 Å². The predicted octanol–water partition coefficient (Wildman–Crippen LogP) is 2.30. The SMILES string of the molecule is Cn1c(-c2ccnnc2)nc2c(N3CCC(n4c(=O)[nH]c5ccccc54)CC3)ncnc21. The fraction of sp³-hybridized carbons (Fsp3) is 0.273. The molecule has 4 aromatic heterocycles. The number of piperidine rings is 1. The number of benzene rings is 1. The molecule has 0 spiro atoms. The molecule has 1 fully saturated rings. The smallest absolute Gasteiger partial charge is 0.326 e. The second-order valence-corrected chi connectivity index (χ2v) is 8.03. The van der Waals surface area contributed by atoms with Crippen molar-refractivity contribution in [1.82, 2.24) is 39.3 Å². The van der Waals surface area contributed by atoms with E-state index >= 15 is 0 Å². The lowest BCUT2D eigenvalue weighted by Crippen LogP contribution is -2.37. The van der Waals surface area contributed by atoms with E-state index < -0.39 is 0 Å². The fourth-order valence-corrected chi connectivity index (χ4v) is 4.67. The Morgan fingerprint density at radius 2 is 1.91 bits per heavy atom. The van der Waals surface area contributed by atoms with Crippen molar-refractivity contribution in [3.05, 3.63) is 59.5 Å². The summed E-state index contributed by atoms with van der Waals surface area (Å²) >= 11 is 0. The highest BCUT2D eigenvalue weighted by atomic mass is 16.1. The Morgan fingerprint density at radius 3 is 2.72 bits per heavy atom. The van der Waals surface area contributed by atoms with Gasteiger partial charge in [-0.1, -0.05) is 12.1 Å². The zero-order valence-electron chi connectivity index (χ0n) is 17.5. The van der Waals surface area contributed by atoms with Crippen LogP contribution in [0.25, 0.3) is 33.6 Å². The van der Waals surface area contributed by atoms with Gasteiger partial charge in [0.25, 0.3) is 0 Å². The second kappa shape index (κ2) is 7.26. The average Bonchev–Trinajstić information content (AvgIpc) is 3.36. The maximum Gasteiger partial charge on any atom is 0.326 e. The summed E-state index contributed by atoms with van der Waals surface area (Å²) in [5, 5.41) is 7.81. The van der Waals surface area contributed by atoms with E-state index in [2.05, 4.69) is 30.0 Å². The molecular weight excluding hydrogens is 406 g/mol. The third-order valence-corrected chi connectivity index (χ3v) is 6.23. The van der Waals surface area contributed by atoms with Crippen molar-refractivity contribution < 1.29 is 0 Å². The Morgan fingerprint density at radius 1 is 1.06 bits per heavy atom. The first-order chi connectivity index (χ1) is 15.7. The van der Waals surface area contributed by atoms with Gasteiger partial charge in [-0.05, 0) is 31.0 Å². The van der Waals surface area contributed by atoms with Gasteiger partial charge in [-0.15, -0.1) is 0 Å². The van der Waals surface area contributed by atoms with Crippen LogP contribution in [0.2, 0.25) is 0 Å². The topological polar surface area (TPSA) is 110 Å². The monoisotopic (exact) mass is 427 g/mol. The summed E-state index contributed by atoms with van der Waals surface area (Å²) < 4.78 is 3.85. The van der Waals surface area contributed by atoms with Gasteiger partial charge >= 0.3 is 5.69 Å². The molecule has 32 heavy (non-hydrogen) atoms. The lowest BCUT2D eigenvalue weighted by atomic mass is 10.0. The van der Waals surface area contributed by atoms with Gasteiger partial charge in [0, 0.05) is 31.7 Å². The minimum atomic E-state index is -0.0468. The number of nitrogens with zero attached hydrogens (tertiary/aromatic N) is 8. The first-order valence-corrected chi connectivity index (χ1v) is 10.6. The Labute approximate surface area is 182 Å². The average molecular weight is 427 g/mol. The number of hydrogen-bond acceptors (Lipinski definition) is 7. The Bertz CT molecular complexity index is 1480. The molecule has 0 atom stereocenters. The number of nitrogens with one attached hydrogen (secondary N) is 1. The molecule has 1 aliphatic rings. The number of aryl methyl sites for hydroxylation is 1. The predicted molar refractivity (Wildman–Crippen MR) is 120 cm³/mol. The highest BCUT2D eigenvalue weighted by Crippen LogP contribution is 2.31. The van der Waals surface area contributed by atoms with Crippen LogP contribution >= 0.6 is 0 Å². The molecule has 1 N–H and O–H groups in total. The molecule has 10 nitrogen and oxygen atoms in total. The van der Waals surface area contributed by atoms with Crippen molar-refractivity contribution in [3.63, 3.8) is 0 Å². The molecule has 0 radical (unpaired) electrons. The number of H-pyrrole nitrogens is 1. The van der Waals surface area contributed by atoms with Gasteiger partial charge in [0.2, 0.25) is 0 Å². The third-order valence-electron chi connectivity index (χ3n) is 6.23. The number of fused-ring (bicyclic) bond motifs is 2. The highest BCUT2D eigenvalue weighted by Gasteiger charge is 2.26. The number of imidazole rings is 2. The Kier molecular flexibility index (Phi) is 4.23. The first kappa shape index (κ1) is 18.7. The summed E-state index contributed by atoms with van der Waals surface area (Å²) in [5.41, 5.74) is 4.21. The molecule has 6 rings (SSSR count). The number of aromatic amines is 1. The Balaban J connectivity index is 1.32. The van der Waals surface area contributed by atoms with Gasteiger partial charge in [-0.2, -0.15) is 10.2 Å². The lowest BCUT2D eigenvalue weighted by Gasteiger charge is -2.33. The van der Waals surface area contributed by atoms with E-state index in [0.29, 0.717) is 0 Å². The molecular formula is C22H21N9O. The van der Waals surface area contributed by atoms with Crippen molar-refractivity contribution in [2.75, 3.05) is 18.0 Å². The summed E-state index contributed by atoms with van der Waals surface area (Å²) in [6, 6.07) is 9.87. The largest absolute Gasteiger partial charge is 0.355 e. The fourth-order valence-electron chi connectivity index (χ4n) is 4.67. The van der Waals surface area contributed by atoms with E-state index in [0.717, 1.165) is 65.3 Å². The number of para-hydroxylation sites is 2. The normalized spacial score (nSPS) is 15.1. The van der Waals surface area contributed by atoms with E-state index in [1.54, 1.807) is 18.7 Å². The molecule has 0 saturated carbocycles. The number of anilines is 1. The maximum absolute atomic E-state index is 12.6. The Hall–Kier alpha value is -4.08. The minimum Gasteiger partial charge on any atom is -0.355 e. The summed E-state index contributed by atoms with van der Waals surface area (Å²) in [4.78, 5) is 31.7. The van der Waals surface area contributed by atoms with Crippen LogP contribution in [0, 0.1) is 0 Å². The van der Waals surface area contributed by atoms with Crippen molar-refractivity contribution in [2.24, 2.45) is 7.05 Å². The summed E-state index contributed by atoms with van der Waals surface area (Å²) in [5.74, 6) is 1.60. The van der Waals surface area contributed by atoms with E-state index in [1.165, 1.54) is 0 Å². The molecule has 160 valence electrons. The zero-order chi connectivity index (χ0) is 21.7. The number of aromatic nitrogens is 8. The van der Waals surface area contributed by atoms with E-state index in [1.807, 2.05) is 46.5 Å². The van der Waals surface area contributed by atoms with Gasteiger partial charge < -0.3 is 14.5 Å². The molecule has 0 amide bonds. The summed E-state index contributed by atoms with van der Waals surface area (Å²) in [6.45, 7) is 1.57. The molecule has 10 heteroatoms. The van der Waals surface area contributed by atoms with E-state index in [4.69, 9.17) is 4.98 Å². The van der Waals surface area contributed by atoms with Gasteiger partial charge in [0.05, 0.1) is 23.4 Å². The van der Waals surface area contributed by atoms with Crippen molar-refractivity contribution in [2.45, 2.75) is 18.9 Å². The number of rotatable bonds is 3. The zero-order valence-corrected chi connectivity index (χ0v) is 17.5. The molecule has 0 unspecified atom stereocenters. The van der Waals surface area contributed by atoms with Crippen LogP contribution in [-0.2, 0) is 7.05 Å². The highest BCUT2D eigenvalue weighted by molar-refractivity contribution is 5.86. The van der Waals surface area contributed by atoms with Gasteiger partial charge in [-0.25, -0.2) is 19.7 Å². The second-order valence-electron chi connectivity index (χ2n) is 8.03. The van der Waals surface area contributed by atoms with Crippen LogP contribution in [0.3, 0.4) is 0 Å². The van der Waals surface area contributed by atoms with Gasteiger partial charge in [0.1, 0.15) is 12.2 Å². The van der Waals surface area contributed by atoms with Crippen molar-refractivity contribution in [3.8, 4) is 11.4 Å². The van der Waals surface area contributed by atoms with Crippen LogP contribution in [0.5, 0.6) is 0 Å². The van der Waals surface area contributed by atoms with E-state index in [9.17, 15) is 4.79 Å². The molecule has 0 bridgehead atoms. The standard InChI is InChI=1S/C22H21N9O/c1-29-19(14-6-9-25-26-12-14)28-18-20(29)23-13-24-21(18)30-10-7-15(8-11-30)31-17-5-3-2-4-16(17)27-22(31)32/h2-6,9,12-13,15H,7-8,10-11H2,1H3,(H,27,32). The molecule has 1 aliphatic heterocycles. The number of hydrogen-bond donors (Lipinski definition) is 1. The quantitative estimate of drug-likeness (QED) is 0.470. The van der Waals surface area contributed by atoms with Crippen LogP contribution in [0.15, 0.2) is 53.8 Å². The maximum atomic E-state index is 12.6. The first-order valence-electron chi connectivity index (χ1n) is 10.6. The summed E-state index contributed by atoms with van der Waals surface area (Å²) in [7, 11) is 1.94. The summed E-state index contributed by atoms with van der Waals surface area (Å²) in [6.07, 6.45) is 6.63. The lowest BCUT2D eigenvalue weighted by molar-refractivity contribution is 0.395. The molecule has 5 heterocycles. The van der Waals surface area contributed by atoms with Gasteiger partial charge in [-0.3, -0.25) is 4.57 Å². The van der Waals surface area contributed by atoms with Crippen LogP contribution in [0.1, 0.15) is 18.9 Å². The van der Waals surface area contributed by atoms with Crippen LogP contribution in [-0.4, -0.2) is 52.4 Å². The van der Waals surface area contributed by atoms with E-state index in [-0.39, 0.29) is 11.7 Å². The molecule has 0 aliphatic carbocycles. The molecule has 1 saturated heterocycles.